The summed E-state index contributed by atoms with van der Waals surface area (Å²) in [5.74, 6) is 0.571. The summed E-state index contributed by atoms with van der Waals surface area (Å²) in [6.45, 7) is 5.58. The normalized spacial score (nSPS) is 10.6. The van der Waals surface area contributed by atoms with E-state index in [0.717, 1.165) is 12.3 Å². The van der Waals surface area contributed by atoms with E-state index in [0.29, 0.717) is 12.5 Å². The van der Waals surface area contributed by atoms with Gasteiger partial charge in [-0.1, -0.05) is 13.8 Å². The van der Waals surface area contributed by atoms with Crippen LogP contribution in [-0.4, -0.2) is 16.6 Å². The topological polar surface area (TPSA) is 35.0 Å². The zero-order chi connectivity index (χ0) is 8.81. The first-order chi connectivity index (χ1) is 5.79. The van der Waals surface area contributed by atoms with Crippen LogP contribution in [0.3, 0.4) is 0 Å². The van der Waals surface area contributed by atoms with E-state index >= 15 is 0 Å². The molecule has 0 saturated carbocycles. The maximum Gasteiger partial charge on any atom is 0.0903 e. The molecule has 0 amide bonds. The number of hydrogen-bond donors (Lipinski definition) is 0. The van der Waals surface area contributed by atoms with Gasteiger partial charge in [-0.15, -0.1) is 0 Å². The molecule has 12 heavy (non-hydrogen) atoms. The van der Waals surface area contributed by atoms with E-state index in [2.05, 4.69) is 23.8 Å². The van der Waals surface area contributed by atoms with Crippen molar-refractivity contribution in [3.8, 4) is 0 Å². The molecule has 3 nitrogen and oxygen atoms in total. The third-order valence-electron chi connectivity index (χ3n) is 1.32. The van der Waals surface area contributed by atoms with Gasteiger partial charge in [-0.05, 0) is 5.92 Å². The Balaban J connectivity index is 2.25. The first-order valence-electron chi connectivity index (χ1n) is 4.11. The van der Waals surface area contributed by atoms with E-state index in [9.17, 15) is 0 Å². The second-order valence-electron chi connectivity index (χ2n) is 3.11. The number of hydrogen-bond acceptors (Lipinski definition) is 3. The van der Waals surface area contributed by atoms with E-state index < -0.39 is 0 Å². The van der Waals surface area contributed by atoms with Gasteiger partial charge < -0.3 is 4.74 Å². The summed E-state index contributed by atoms with van der Waals surface area (Å²) in [5, 5.41) is 0. The number of nitrogens with zero attached hydrogens (tertiary/aromatic N) is 2. The van der Waals surface area contributed by atoms with Crippen molar-refractivity contribution in [2.24, 2.45) is 5.92 Å². The molecule has 1 aromatic rings. The summed E-state index contributed by atoms with van der Waals surface area (Å²) in [6.07, 6.45) is 5.06. The lowest BCUT2D eigenvalue weighted by Crippen LogP contribution is -2.02. The Morgan fingerprint density at radius 2 is 2.25 bits per heavy atom. The predicted molar refractivity (Wildman–Crippen MR) is 46.5 cm³/mol. The van der Waals surface area contributed by atoms with Gasteiger partial charge in [-0.3, -0.25) is 9.97 Å². The van der Waals surface area contributed by atoms with Gasteiger partial charge in [0.1, 0.15) is 0 Å². The van der Waals surface area contributed by atoms with E-state index in [1.807, 2.05) is 0 Å². The van der Waals surface area contributed by atoms with Crippen LogP contribution in [0.15, 0.2) is 18.6 Å². The van der Waals surface area contributed by atoms with Crippen LogP contribution in [0.25, 0.3) is 0 Å². The van der Waals surface area contributed by atoms with Gasteiger partial charge in [-0.25, -0.2) is 0 Å². The third-order valence-corrected chi connectivity index (χ3v) is 1.32. The second-order valence-corrected chi connectivity index (χ2v) is 3.11. The van der Waals surface area contributed by atoms with Gasteiger partial charge in [0.15, 0.2) is 0 Å². The Hall–Kier alpha value is -0.960. The van der Waals surface area contributed by atoms with Crippen molar-refractivity contribution in [1.82, 2.24) is 9.97 Å². The van der Waals surface area contributed by atoms with Gasteiger partial charge in [0.05, 0.1) is 18.5 Å². The first kappa shape index (κ1) is 9.13. The van der Waals surface area contributed by atoms with Gasteiger partial charge >= 0.3 is 0 Å². The zero-order valence-corrected chi connectivity index (χ0v) is 7.53. The summed E-state index contributed by atoms with van der Waals surface area (Å²) < 4.78 is 5.38. The highest BCUT2D eigenvalue weighted by molar-refractivity contribution is 4.91. The minimum atomic E-state index is 0.562. The molecule has 0 spiro atoms. The highest BCUT2D eigenvalue weighted by atomic mass is 16.5. The average Bonchev–Trinajstić information content (AvgIpc) is 2.05. The van der Waals surface area contributed by atoms with Crippen LogP contribution in [-0.2, 0) is 11.3 Å². The molecule has 1 heterocycles. The summed E-state index contributed by atoms with van der Waals surface area (Å²) >= 11 is 0. The van der Waals surface area contributed by atoms with Crippen molar-refractivity contribution in [1.29, 1.82) is 0 Å². The molecule has 0 N–H and O–H groups in total. The predicted octanol–water partition coefficient (Wildman–Crippen LogP) is 1.65. The molecule has 0 fully saturated rings. The van der Waals surface area contributed by atoms with Gasteiger partial charge in [0.2, 0.25) is 0 Å². The smallest absolute Gasteiger partial charge is 0.0903 e. The van der Waals surface area contributed by atoms with Crippen LogP contribution in [0.5, 0.6) is 0 Å². The minimum absolute atomic E-state index is 0.562. The van der Waals surface area contributed by atoms with Crippen LogP contribution in [0.1, 0.15) is 19.5 Å². The zero-order valence-electron chi connectivity index (χ0n) is 7.53. The molecule has 0 bridgehead atoms. The molecular weight excluding hydrogens is 152 g/mol. The number of ether oxygens (including phenoxy) is 1. The monoisotopic (exact) mass is 166 g/mol. The number of rotatable bonds is 4. The summed E-state index contributed by atoms with van der Waals surface area (Å²) in [5.41, 5.74) is 0.887. The standard InChI is InChI=1S/C9H14N2O/c1-8(2)6-12-7-9-5-10-3-4-11-9/h3-5,8H,6-7H2,1-2H3. The Morgan fingerprint density at radius 3 is 2.83 bits per heavy atom. The van der Waals surface area contributed by atoms with E-state index in [4.69, 9.17) is 4.74 Å². The third kappa shape index (κ3) is 3.44. The molecular formula is C9H14N2O. The van der Waals surface area contributed by atoms with Crippen molar-refractivity contribution >= 4 is 0 Å². The Bertz CT molecular complexity index is 211. The minimum Gasteiger partial charge on any atom is -0.375 e. The first-order valence-corrected chi connectivity index (χ1v) is 4.11. The average molecular weight is 166 g/mol. The summed E-state index contributed by atoms with van der Waals surface area (Å²) in [7, 11) is 0. The van der Waals surface area contributed by atoms with Gasteiger partial charge in [-0.2, -0.15) is 0 Å². The van der Waals surface area contributed by atoms with Crippen LogP contribution in [0.4, 0.5) is 0 Å². The SMILES string of the molecule is CC(C)COCc1cnccn1. The number of aromatic nitrogens is 2. The largest absolute Gasteiger partial charge is 0.375 e. The maximum atomic E-state index is 5.38. The second kappa shape index (κ2) is 4.83. The fraction of sp³-hybridized carbons (Fsp3) is 0.556. The van der Waals surface area contributed by atoms with Crippen LogP contribution >= 0.6 is 0 Å². The molecule has 0 saturated heterocycles. The molecule has 0 aliphatic rings. The molecule has 0 atom stereocenters. The lowest BCUT2D eigenvalue weighted by molar-refractivity contribution is 0.0946. The van der Waals surface area contributed by atoms with Crippen molar-refractivity contribution in [2.75, 3.05) is 6.61 Å². The Labute approximate surface area is 72.8 Å². The molecule has 0 radical (unpaired) electrons. The fourth-order valence-corrected chi connectivity index (χ4v) is 0.804. The van der Waals surface area contributed by atoms with E-state index in [-0.39, 0.29) is 0 Å². The lowest BCUT2D eigenvalue weighted by Gasteiger charge is -2.05. The fourth-order valence-electron chi connectivity index (χ4n) is 0.804. The Morgan fingerprint density at radius 1 is 1.42 bits per heavy atom. The van der Waals surface area contributed by atoms with Crippen LogP contribution in [0, 0.1) is 5.92 Å². The highest BCUT2D eigenvalue weighted by Crippen LogP contribution is 1.97. The quantitative estimate of drug-likeness (QED) is 0.682. The molecule has 3 heteroatoms. The molecule has 0 aliphatic carbocycles. The molecule has 0 unspecified atom stereocenters. The van der Waals surface area contributed by atoms with Gasteiger partial charge in [0.25, 0.3) is 0 Å². The van der Waals surface area contributed by atoms with E-state index in [1.54, 1.807) is 18.6 Å². The maximum absolute atomic E-state index is 5.38. The molecule has 66 valence electrons. The van der Waals surface area contributed by atoms with Crippen LogP contribution in [0.2, 0.25) is 0 Å². The van der Waals surface area contributed by atoms with Crippen LogP contribution < -0.4 is 0 Å². The summed E-state index contributed by atoms with van der Waals surface area (Å²) in [4.78, 5) is 8.03. The molecule has 1 rings (SSSR count). The van der Waals surface area contributed by atoms with E-state index in [1.165, 1.54) is 0 Å². The van der Waals surface area contributed by atoms with Crippen molar-refractivity contribution in [2.45, 2.75) is 20.5 Å². The molecule has 0 aromatic carbocycles. The molecule has 1 aromatic heterocycles. The summed E-state index contributed by atoms with van der Waals surface area (Å²) in [6, 6.07) is 0. The van der Waals surface area contributed by atoms with Crippen molar-refractivity contribution in [3.05, 3.63) is 24.3 Å². The van der Waals surface area contributed by atoms with Gasteiger partial charge in [0, 0.05) is 19.0 Å². The highest BCUT2D eigenvalue weighted by Gasteiger charge is 1.95. The van der Waals surface area contributed by atoms with Crippen molar-refractivity contribution < 1.29 is 4.74 Å². The van der Waals surface area contributed by atoms with Crippen molar-refractivity contribution in [3.63, 3.8) is 0 Å². The Kier molecular flexibility index (Phi) is 3.67. The lowest BCUT2D eigenvalue weighted by atomic mass is 10.2. The molecule has 0 aliphatic heterocycles.